The van der Waals surface area contributed by atoms with Gasteiger partial charge < -0.3 is 20.2 Å². The SMILES string of the molecule is CC[C@H](CO)NC(=O)NC[C@H](c1ccco1)N1CCCCC1. The molecule has 124 valence electrons. The number of amides is 2. The van der Waals surface area contributed by atoms with Gasteiger partial charge in [0.1, 0.15) is 5.76 Å². The van der Waals surface area contributed by atoms with Gasteiger partial charge >= 0.3 is 6.03 Å². The van der Waals surface area contributed by atoms with Gasteiger partial charge in [0.25, 0.3) is 0 Å². The predicted octanol–water partition coefficient (Wildman–Crippen LogP) is 1.88. The van der Waals surface area contributed by atoms with Crippen LogP contribution in [0.25, 0.3) is 0 Å². The summed E-state index contributed by atoms with van der Waals surface area (Å²) in [6.45, 7) is 4.45. The lowest BCUT2D eigenvalue weighted by molar-refractivity contribution is 0.142. The summed E-state index contributed by atoms with van der Waals surface area (Å²) in [5.74, 6) is 0.886. The van der Waals surface area contributed by atoms with Gasteiger partial charge in [0, 0.05) is 6.54 Å². The Kier molecular flexibility index (Phi) is 6.74. The predicted molar refractivity (Wildman–Crippen MR) is 84.6 cm³/mol. The number of furan rings is 1. The van der Waals surface area contributed by atoms with E-state index in [2.05, 4.69) is 15.5 Å². The lowest BCUT2D eigenvalue weighted by Gasteiger charge is -2.33. The quantitative estimate of drug-likeness (QED) is 0.718. The van der Waals surface area contributed by atoms with Gasteiger partial charge in [-0.1, -0.05) is 13.3 Å². The van der Waals surface area contributed by atoms with E-state index in [1.54, 1.807) is 6.26 Å². The molecule has 0 bridgehead atoms. The Morgan fingerprint density at radius 3 is 2.77 bits per heavy atom. The summed E-state index contributed by atoms with van der Waals surface area (Å²) >= 11 is 0. The number of nitrogens with zero attached hydrogens (tertiary/aromatic N) is 1. The number of hydrogen-bond acceptors (Lipinski definition) is 4. The van der Waals surface area contributed by atoms with Crippen LogP contribution in [-0.2, 0) is 0 Å². The molecule has 22 heavy (non-hydrogen) atoms. The van der Waals surface area contributed by atoms with Crippen LogP contribution in [0.4, 0.5) is 4.79 Å². The summed E-state index contributed by atoms with van der Waals surface area (Å²) in [5.41, 5.74) is 0. The smallest absolute Gasteiger partial charge is 0.315 e. The topological polar surface area (TPSA) is 77.7 Å². The second-order valence-corrected chi connectivity index (χ2v) is 5.77. The Morgan fingerprint density at radius 1 is 1.41 bits per heavy atom. The zero-order valence-electron chi connectivity index (χ0n) is 13.3. The van der Waals surface area contributed by atoms with Gasteiger partial charge in [0.15, 0.2) is 0 Å². The highest BCUT2D eigenvalue weighted by atomic mass is 16.3. The van der Waals surface area contributed by atoms with Gasteiger partial charge in [0.2, 0.25) is 0 Å². The van der Waals surface area contributed by atoms with Crippen LogP contribution in [0.15, 0.2) is 22.8 Å². The van der Waals surface area contributed by atoms with Crippen molar-refractivity contribution < 1.29 is 14.3 Å². The standard InChI is InChI=1S/C16H27N3O3/c1-2-13(12-20)18-16(21)17-11-14(15-7-6-10-22-15)19-8-4-3-5-9-19/h6-7,10,13-14,20H,2-5,8-9,11-12H2,1H3,(H2,17,18,21)/t13-,14-/m1/s1. The molecule has 6 heteroatoms. The second kappa shape index (κ2) is 8.80. The molecule has 1 aliphatic rings. The minimum atomic E-state index is -0.241. The van der Waals surface area contributed by atoms with Crippen LogP contribution in [0.1, 0.15) is 44.4 Å². The van der Waals surface area contributed by atoms with Crippen molar-refractivity contribution in [2.75, 3.05) is 26.2 Å². The third kappa shape index (κ3) is 4.74. The molecule has 0 aromatic carbocycles. The van der Waals surface area contributed by atoms with Crippen LogP contribution in [-0.4, -0.2) is 48.3 Å². The molecule has 1 fully saturated rings. The molecule has 2 rings (SSSR count). The van der Waals surface area contributed by atoms with E-state index < -0.39 is 0 Å². The van der Waals surface area contributed by atoms with Crippen molar-refractivity contribution in [3.8, 4) is 0 Å². The fraction of sp³-hybridized carbons (Fsp3) is 0.688. The first-order valence-corrected chi connectivity index (χ1v) is 8.17. The number of piperidine rings is 1. The number of rotatable bonds is 7. The van der Waals surface area contributed by atoms with E-state index in [1.807, 2.05) is 19.1 Å². The molecular formula is C16H27N3O3. The largest absolute Gasteiger partial charge is 0.468 e. The molecule has 1 saturated heterocycles. The number of carbonyl (C=O) groups excluding carboxylic acids is 1. The monoisotopic (exact) mass is 309 g/mol. The third-order valence-electron chi connectivity index (χ3n) is 4.21. The number of aliphatic hydroxyl groups is 1. The van der Waals surface area contributed by atoms with Gasteiger partial charge in [-0.2, -0.15) is 0 Å². The van der Waals surface area contributed by atoms with Crippen molar-refractivity contribution in [3.05, 3.63) is 24.2 Å². The molecule has 1 aliphatic heterocycles. The first-order valence-electron chi connectivity index (χ1n) is 8.17. The van der Waals surface area contributed by atoms with Crippen molar-refractivity contribution in [1.29, 1.82) is 0 Å². The Morgan fingerprint density at radius 2 is 2.18 bits per heavy atom. The number of carbonyl (C=O) groups is 1. The molecule has 6 nitrogen and oxygen atoms in total. The number of aliphatic hydroxyl groups excluding tert-OH is 1. The minimum Gasteiger partial charge on any atom is -0.468 e. The third-order valence-corrected chi connectivity index (χ3v) is 4.21. The molecule has 1 aromatic heterocycles. The van der Waals surface area contributed by atoms with Gasteiger partial charge in [0.05, 0.1) is 25.0 Å². The Balaban J connectivity index is 1.91. The Labute approximate surface area is 131 Å². The lowest BCUT2D eigenvalue weighted by atomic mass is 10.1. The highest BCUT2D eigenvalue weighted by molar-refractivity contribution is 5.74. The fourth-order valence-corrected chi connectivity index (χ4v) is 2.82. The van der Waals surface area contributed by atoms with Gasteiger partial charge in [-0.3, -0.25) is 4.90 Å². The van der Waals surface area contributed by atoms with E-state index in [9.17, 15) is 4.79 Å². The zero-order chi connectivity index (χ0) is 15.8. The summed E-state index contributed by atoms with van der Waals surface area (Å²) < 4.78 is 5.55. The van der Waals surface area contributed by atoms with Crippen LogP contribution in [0.3, 0.4) is 0 Å². The van der Waals surface area contributed by atoms with Crippen molar-refractivity contribution >= 4 is 6.03 Å². The molecule has 0 saturated carbocycles. The number of hydrogen-bond donors (Lipinski definition) is 3. The Bertz CT molecular complexity index is 426. The summed E-state index contributed by atoms with van der Waals surface area (Å²) in [7, 11) is 0. The number of urea groups is 1. The fourth-order valence-electron chi connectivity index (χ4n) is 2.82. The van der Waals surface area contributed by atoms with Crippen LogP contribution >= 0.6 is 0 Å². The second-order valence-electron chi connectivity index (χ2n) is 5.77. The van der Waals surface area contributed by atoms with E-state index in [-0.39, 0.29) is 24.7 Å². The van der Waals surface area contributed by atoms with E-state index in [1.165, 1.54) is 19.3 Å². The Hall–Kier alpha value is -1.53. The molecule has 2 atom stereocenters. The van der Waals surface area contributed by atoms with Gasteiger partial charge in [-0.25, -0.2) is 4.79 Å². The van der Waals surface area contributed by atoms with Crippen molar-refractivity contribution in [2.24, 2.45) is 0 Å². The van der Waals surface area contributed by atoms with Crippen LogP contribution in [0, 0.1) is 0 Å². The lowest BCUT2D eigenvalue weighted by Crippen LogP contribution is -2.47. The van der Waals surface area contributed by atoms with Crippen molar-refractivity contribution in [3.63, 3.8) is 0 Å². The molecule has 0 aliphatic carbocycles. The zero-order valence-corrected chi connectivity index (χ0v) is 13.3. The van der Waals surface area contributed by atoms with E-state index >= 15 is 0 Å². The number of likely N-dealkylation sites (tertiary alicyclic amines) is 1. The maximum absolute atomic E-state index is 11.9. The van der Waals surface area contributed by atoms with Gasteiger partial charge in [-0.15, -0.1) is 0 Å². The van der Waals surface area contributed by atoms with Gasteiger partial charge in [-0.05, 0) is 44.5 Å². The van der Waals surface area contributed by atoms with E-state index in [0.29, 0.717) is 13.0 Å². The molecule has 3 N–H and O–H groups in total. The summed E-state index contributed by atoms with van der Waals surface area (Å²) in [4.78, 5) is 14.3. The van der Waals surface area contributed by atoms with E-state index in [4.69, 9.17) is 9.52 Å². The minimum absolute atomic E-state index is 0.0440. The average molecular weight is 309 g/mol. The molecule has 2 heterocycles. The highest BCUT2D eigenvalue weighted by Crippen LogP contribution is 2.24. The molecule has 0 radical (unpaired) electrons. The molecule has 2 amide bonds. The summed E-state index contributed by atoms with van der Waals surface area (Å²) in [6, 6.07) is 3.47. The molecule has 1 aromatic rings. The molecule has 0 spiro atoms. The van der Waals surface area contributed by atoms with Crippen LogP contribution in [0.5, 0.6) is 0 Å². The van der Waals surface area contributed by atoms with Crippen molar-refractivity contribution in [2.45, 2.75) is 44.7 Å². The first kappa shape index (κ1) is 16.8. The maximum Gasteiger partial charge on any atom is 0.315 e. The normalized spacial score (nSPS) is 18.6. The summed E-state index contributed by atoms with van der Waals surface area (Å²) in [5, 5.41) is 14.8. The van der Waals surface area contributed by atoms with Crippen LogP contribution < -0.4 is 10.6 Å². The maximum atomic E-state index is 11.9. The molecular weight excluding hydrogens is 282 g/mol. The number of nitrogens with one attached hydrogen (secondary N) is 2. The average Bonchev–Trinajstić information content (AvgIpc) is 3.08. The van der Waals surface area contributed by atoms with Crippen molar-refractivity contribution in [1.82, 2.24) is 15.5 Å². The highest BCUT2D eigenvalue weighted by Gasteiger charge is 2.25. The molecule has 0 unspecified atom stereocenters. The first-order chi connectivity index (χ1) is 10.7. The summed E-state index contributed by atoms with van der Waals surface area (Å²) in [6.07, 6.45) is 6.02. The van der Waals surface area contributed by atoms with E-state index in [0.717, 1.165) is 18.8 Å². The van der Waals surface area contributed by atoms with Crippen LogP contribution in [0.2, 0.25) is 0 Å².